The lowest BCUT2D eigenvalue weighted by atomic mass is 9.80. The predicted molar refractivity (Wildman–Crippen MR) is 306 cm³/mol. The molecule has 15 heteroatoms. The van der Waals surface area contributed by atoms with Crippen LogP contribution in [0.1, 0.15) is 111 Å². The maximum atomic E-state index is 15.0. The lowest BCUT2D eigenvalue weighted by molar-refractivity contribution is -0.143. The Kier molecular flexibility index (Phi) is 21.3. The van der Waals surface area contributed by atoms with E-state index in [1.54, 1.807) is 14.2 Å². The molecule has 79 heavy (non-hydrogen) atoms. The lowest BCUT2D eigenvalue weighted by Crippen LogP contribution is -2.58. The van der Waals surface area contributed by atoms with E-state index in [4.69, 9.17) is 14.2 Å². The second-order valence-corrected chi connectivity index (χ2v) is 22.8. The van der Waals surface area contributed by atoms with E-state index in [-0.39, 0.29) is 90.1 Å². The highest BCUT2D eigenvalue weighted by Crippen LogP contribution is 2.35. The van der Waals surface area contributed by atoms with Gasteiger partial charge >= 0.3 is 0 Å². The molecular formula is C64H86N6O9. The number of methoxy groups -OCH3 is 1. The summed E-state index contributed by atoms with van der Waals surface area (Å²) in [5, 5.41) is 7.82. The number of nitrogens with zero attached hydrogens (tertiary/aromatic N) is 4. The number of hydrogen-bond donors (Lipinski definition) is 2. The van der Waals surface area contributed by atoms with Crippen molar-refractivity contribution in [3.63, 3.8) is 0 Å². The Bertz CT molecular complexity index is 2680. The van der Waals surface area contributed by atoms with Crippen LogP contribution in [0.4, 0.5) is 0 Å². The Morgan fingerprint density at radius 2 is 1.16 bits per heavy atom. The molecule has 426 valence electrons. The zero-order valence-corrected chi connectivity index (χ0v) is 47.6. The van der Waals surface area contributed by atoms with Crippen molar-refractivity contribution in [1.82, 2.24) is 30.2 Å². The molecule has 0 bridgehead atoms. The van der Waals surface area contributed by atoms with E-state index in [0.717, 1.165) is 41.2 Å². The van der Waals surface area contributed by atoms with Gasteiger partial charge in [0.05, 0.1) is 24.2 Å². The third-order valence-corrected chi connectivity index (χ3v) is 17.8. The van der Waals surface area contributed by atoms with Crippen LogP contribution in [-0.2, 0) is 46.2 Å². The maximum absolute atomic E-state index is 15.0. The fraction of sp³-hybridized carbons (Fsp3) is 0.562. The van der Waals surface area contributed by atoms with Gasteiger partial charge in [0.15, 0.2) is 0 Å². The zero-order valence-electron chi connectivity index (χ0n) is 47.6. The number of Topliss-reactive ketones (excluding diaryl/α,β-unsaturated/α-hetero) is 1. The molecule has 4 aromatic carbocycles. The highest BCUT2D eigenvalue weighted by molar-refractivity contribution is 6.02. The number of nitrogens with one attached hydrogen (secondary N) is 2. The average Bonchev–Trinajstić information content (AvgIpc) is 4.17. The van der Waals surface area contributed by atoms with E-state index in [2.05, 4.69) is 29.7 Å². The molecule has 4 saturated heterocycles. The van der Waals surface area contributed by atoms with Crippen molar-refractivity contribution in [2.75, 3.05) is 79.9 Å². The van der Waals surface area contributed by atoms with Gasteiger partial charge in [-0.3, -0.25) is 28.8 Å². The van der Waals surface area contributed by atoms with Gasteiger partial charge in [0.25, 0.3) is 11.8 Å². The topological polar surface area (TPSA) is 167 Å². The number of ketones is 1. The molecular weight excluding hydrogens is 997 g/mol. The number of benzene rings is 4. The Morgan fingerprint density at radius 1 is 0.658 bits per heavy atom. The van der Waals surface area contributed by atoms with Crippen molar-refractivity contribution in [2.45, 2.75) is 122 Å². The van der Waals surface area contributed by atoms with E-state index < -0.39 is 18.0 Å². The molecule has 4 aromatic rings. The molecule has 4 fully saturated rings. The van der Waals surface area contributed by atoms with Crippen molar-refractivity contribution in [2.24, 2.45) is 29.6 Å². The summed E-state index contributed by atoms with van der Waals surface area (Å²) in [5.74, 6) is -1.20. The number of hydrogen-bond acceptors (Lipinski definition) is 10. The molecule has 0 unspecified atom stereocenters. The van der Waals surface area contributed by atoms with Gasteiger partial charge in [-0.05, 0) is 136 Å². The first-order valence-corrected chi connectivity index (χ1v) is 29.3. The van der Waals surface area contributed by atoms with Gasteiger partial charge in [-0.2, -0.15) is 0 Å². The summed E-state index contributed by atoms with van der Waals surface area (Å²) in [7, 11) is 3.42. The van der Waals surface area contributed by atoms with Gasteiger partial charge in [-0.15, -0.1) is 0 Å². The van der Waals surface area contributed by atoms with Crippen LogP contribution in [0.3, 0.4) is 0 Å². The molecule has 15 nitrogen and oxygen atoms in total. The minimum atomic E-state index is -0.717. The molecule has 0 saturated carbocycles. The summed E-state index contributed by atoms with van der Waals surface area (Å²) in [6, 6.07) is 29.6. The number of likely N-dealkylation sites (N-methyl/N-ethyl adjacent to an activating group) is 1. The Labute approximate surface area is 468 Å². The first kappa shape index (κ1) is 59.1. The largest absolute Gasteiger partial charge is 0.381 e. The summed E-state index contributed by atoms with van der Waals surface area (Å²) in [6.45, 7) is 12.5. The van der Waals surface area contributed by atoms with Crippen molar-refractivity contribution in [1.29, 1.82) is 0 Å². The Balaban J connectivity index is 1.04. The van der Waals surface area contributed by atoms with E-state index in [9.17, 15) is 19.2 Å². The molecule has 8 atom stereocenters. The van der Waals surface area contributed by atoms with Crippen molar-refractivity contribution in [3.8, 4) is 0 Å². The number of amides is 5. The van der Waals surface area contributed by atoms with E-state index in [1.807, 2.05) is 125 Å². The smallest absolute Gasteiger partial charge is 0.253 e. The molecule has 4 aliphatic heterocycles. The molecule has 8 rings (SSSR count). The van der Waals surface area contributed by atoms with E-state index >= 15 is 9.59 Å². The minimum absolute atomic E-state index is 0.00248. The van der Waals surface area contributed by atoms with Crippen LogP contribution in [0.15, 0.2) is 97.1 Å². The number of rotatable bonds is 24. The van der Waals surface area contributed by atoms with Crippen LogP contribution >= 0.6 is 0 Å². The lowest BCUT2D eigenvalue weighted by Gasteiger charge is -2.38. The quantitative estimate of drug-likeness (QED) is 0.0713. The fourth-order valence-corrected chi connectivity index (χ4v) is 12.3. The van der Waals surface area contributed by atoms with Crippen molar-refractivity contribution >= 4 is 46.1 Å². The first-order chi connectivity index (χ1) is 38.3. The van der Waals surface area contributed by atoms with Crippen molar-refractivity contribution in [3.05, 3.63) is 119 Å². The van der Waals surface area contributed by atoms with Gasteiger partial charge in [-0.1, -0.05) is 93.6 Å². The normalized spacial score (nSPS) is 21.5. The molecule has 0 spiro atoms. The number of carbonyl (C=O) groups excluding carboxylic acids is 6. The van der Waals surface area contributed by atoms with Crippen LogP contribution in [0.25, 0.3) is 10.8 Å². The van der Waals surface area contributed by atoms with E-state index in [0.29, 0.717) is 109 Å². The van der Waals surface area contributed by atoms with Gasteiger partial charge in [0.1, 0.15) is 11.8 Å². The predicted octanol–water partition coefficient (Wildman–Crippen LogP) is 7.63. The standard InChI is InChI=1S/C64H86N6O9/c1-7-43(2)60(72)66-59(49-28-36-79-37-29-49)64(76)70-33-25-58(77-6)56(70)42-68(31-24-47-16-12-9-13-17-47)62(74)53-21-19-50-38-52(20-18-51(50)39-53)61(73)67(30-23-46-14-10-8-11-15-46)41-55-44(3)22-32-69(55)63(75)54(40-57(71)45(4)65-5)48-26-34-78-35-27-48/h8-21,38-39,43-45,48-49,54-56,58-59,65H,7,22-37,40-42H2,1-6H3,(H,66,72)/t43-,44+,45+,54+,55-,56-,58+,59+/m1/s1. The summed E-state index contributed by atoms with van der Waals surface area (Å²) in [5.41, 5.74) is 3.18. The highest BCUT2D eigenvalue weighted by atomic mass is 16.5. The number of carbonyl (C=O) groups is 6. The molecule has 2 N–H and O–H groups in total. The molecule has 4 aliphatic rings. The third-order valence-electron chi connectivity index (χ3n) is 17.8. The summed E-state index contributed by atoms with van der Waals surface area (Å²) in [6.07, 6.45) is 5.91. The van der Waals surface area contributed by atoms with Crippen LogP contribution in [0.5, 0.6) is 0 Å². The molecule has 0 radical (unpaired) electrons. The monoisotopic (exact) mass is 1080 g/mol. The van der Waals surface area contributed by atoms with Crippen molar-refractivity contribution < 1.29 is 43.0 Å². The molecule has 0 aromatic heterocycles. The summed E-state index contributed by atoms with van der Waals surface area (Å²) in [4.78, 5) is 94.2. The SMILES string of the molecule is CC[C@@H](C)C(=O)N[C@H](C(=O)N1CC[C@H](OC)[C@H]1CN(CCc1ccccc1)C(=O)c1ccc2cc(C(=O)N(CCc3ccccc3)C[C@@H]3[C@@H](C)CCN3C(=O)[C@@H](CC(=O)[C@H](C)NC)C3CCOCC3)ccc2c1)C1CCOCC1. The summed E-state index contributed by atoms with van der Waals surface area (Å²) >= 11 is 0. The van der Waals surface area contributed by atoms with Gasteiger partial charge in [-0.25, -0.2) is 0 Å². The second kappa shape index (κ2) is 28.4. The fourth-order valence-electron chi connectivity index (χ4n) is 12.3. The second-order valence-electron chi connectivity index (χ2n) is 22.8. The third kappa shape index (κ3) is 14.9. The average molecular weight is 1080 g/mol. The molecule has 4 heterocycles. The van der Waals surface area contributed by atoms with Crippen LogP contribution < -0.4 is 10.6 Å². The summed E-state index contributed by atoms with van der Waals surface area (Å²) < 4.78 is 17.4. The van der Waals surface area contributed by atoms with Gasteiger partial charge in [0.2, 0.25) is 17.7 Å². The zero-order chi connectivity index (χ0) is 56.0. The molecule has 0 aliphatic carbocycles. The number of likely N-dealkylation sites (tertiary alicyclic amines) is 2. The van der Waals surface area contributed by atoms with Crippen LogP contribution in [-0.4, -0.2) is 165 Å². The Morgan fingerprint density at radius 3 is 1.68 bits per heavy atom. The highest BCUT2D eigenvalue weighted by Gasteiger charge is 2.45. The Hall–Kier alpha value is -6.00. The van der Waals surface area contributed by atoms with E-state index in [1.165, 1.54) is 0 Å². The van der Waals surface area contributed by atoms with Crippen LogP contribution in [0, 0.1) is 29.6 Å². The van der Waals surface area contributed by atoms with Gasteiger partial charge < -0.3 is 44.4 Å². The maximum Gasteiger partial charge on any atom is 0.253 e. The number of ether oxygens (including phenoxy) is 3. The molecule has 5 amide bonds. The van der Waals surface area contributed by atoms with Crippen LogP contribution in [0.2, 0.25) is 0 Å². The number of fused-ring (bicyclic) bond motifs is 1. The minimum Gasteiger partial charge on any atom is -0.381 e. The first-order valence-electron chi connectivity index (χ1n) is 29.3. The van der Waals surface area contributed by atoms with Gasteiger partial charge in [0, 0.05) is 102 Å².